The molecule has 3 aliphatic rings. The Kier molecular flexibility index (Phi) is 13.0. The van der Waals surface area contributed by atoms with E-state index in [9.17, 15) is 19.2 Å². The van der Waals surface area contributed by atoms with Crippen LogP contribution in [0, 0.1) is 27.7 Å². The van der Waals surface area contributed by atoms with Crippen molar-refractivity contribution in [2.75, 3.05) is 0 Å². The molecule has 0 bridgehead atoms. The van der Waals surface area contributed by atoms with Gasteiger partial charge in [-0.25, -0.2) is 19.2 Å². The summed E-state index contributed by atoms with van der Waals surface area (Å²) in [7, 11) is 0. The number of cyclic esters (lactones) is 2. The number of esters is 2. The number of hydrogen-bond donors (Lipinski definition) is 0. The van der Waals surface area contributed by atoms with E-state index in [0.29, 0.717) is 48.3 Å². The molecule has 0 aliphatic carbocycles. The normalized spacial score (nSPS) is 12.8. The molecule has 8 heteroatoms. The standard InChI is InChI=1S/C16H14O2.C16H16O.C14H8O3.C14H10O2/c1-10-3-5-13-12(7-10)9-18-16(17)15-8-11(2)4-6-14(13)15;1-11-3-5-15-13(7-11)9-17-10-14-8-12(2)4-6-16(14)15;15-13-11-7-3-1-5-9(11)10-6-2-4-8-12(10)14(16)17-13;15-14-13-8-4-3-7-12(13)11-6-2-1-5-10(11)9-16-14/h3-8H,9H2,1-2H3;3-8H,9-10H2,1-2H3;1-8H;1-8H,9H2. The Morgan fingerprint density at radius 3 is 1.21 bits per heavy atom. The van der Waals surface area contributed by atoms with Crippen molar-refractivity contribution in [2.45, 2.75) is 54.1 Å². The minimum atomic E-state index is -0.596. The molecule has 12 rings (SSSR count). The second-order valence-corrected chi connectivity index (χ2v) is 17.1. The van der Waals surface area contributed by atoms with Crippen molar-refractivity contribution in [3.05, 3.63) is 246 Å². The van der Waals surface area contributed by atoms with E-state index in [1.54, 1.807) is 30.3 Å². The van der Waals surface area contributed by atoms with Gasteiger partial charge in [0, 0.05) is 0 Å². The Balaban J connectivity index is 0.000000113. The molecule has 0 atom stereocenters. The van der Waals surface area contributed by atoms with Gasteiger partial charge >= 0.3 is 23.2 Å². The highest BCUT2D eigenvalue weighted by Crippen LogP contribution is 2.35. The van der Waals surface area contributed by atoms with Gasteiger partial charge in [0.1, 0.15) is 13.2 Å². The van der Waals surface area contributed by atoms with Gasteiger partial charge in [-0.3, -0.25) is 0 Å². The zero-order valence-corrected chi connectivity index (χ0v) is 38.3. The molecular weight excluding hydrogens is 849 g/mol. The van der Waals surface area contributed by atoms with Crippen LogP contribution >= 0.6 is 0 Å². The largest absolute Gasteiger partial charge is 0.457 e. The second-order valence-electron chi connectivity index (χ2n) is 17.1. The number of ether oxygens (including phenoxy) is 3. The zero-order valence-electron chi connectivity index (χ0n) is 38.3. The molecule has 0 amide bonds. The minimum Gasteiger partial charge on any atom is -0.457 e. The van der Waals surface area contributed by atoms with Crippen LogP contribution in [0.25, 0.3) is 54.9 Å². The Morgan fingerprint density at radius 1 is 0.309 bits per heavy atom. The molecule has 4 heterocycles. The fourth-order valence-corrected chi connectivity index (χ4v) is 8.88. The fourth-order valence-electron chi connectivity index (χ4n) is 8.88. The van der Waals surface area contributed by atoms with E-state index in [1.807, 2.05) is 98.8 Å². The van der Waals surface area contributed by atoms with Crippen LogP contribution in [0.4, 0.5) is 0 Å². The summed E-state index contributed by atoms with van der Waals surface area (Å²) in [6, 6.07) is 55.0. The second kappa shape index (κ2) is 19.7. The Morgan fingerprint density at radius 2 is 0.662 bits per heavy atom. The van der Waals surface area contributed by atoms with Crippen molar-refractivity contribution < 1.29 is 28.2 Å². The maximum absolute atomic E-state index is 12.0. The highest BCUT2D eigenvalue weighted by Gasteiger charge is 2.22. The summed E-state index contributed by atoms with van der Waals surface area (Å²) in [4.78, 5) is 47.2. The first-order valence-electron chi connectivity index (χ1n) is 22.5. The lowest BCUT2D eigenvalue weighted by molar-refractivity contribution is 0.0470. The molecule has 3 aliphatic heterocycles. The average molecular weight is 897 g/mol. The molecule has 1 aromatic heterocycles. The van der Waals surface area contributed by atoms with Crippen molar-refractivity contribution in [2.24, 2.45) is 0 Å². The number of aryl methyl sites for hydroxylation is 4. The molecule has 0 N–H and O–H groups in total. The lowest BCUT2D eigenvalue weighted by Crippen LogP contribution is -2.04. The van der Waals surface area contributed by atoms with Gasteiger partial charge in [0.2, 0.25) is 0 Å². The maximum atomic E-state index is 12.0. The lowest BCUT2D eigenvalue weighted by atomic mass is 9.94. The van der Waals surface area contributed by atoms with Gasteiger partial charge in [0.15, 0.2) is 0 Å². The molecule has 0 unspecified atom stereocenters. The molecule has 0 saturated carbocycles. The highest BCUT2D eigenvalue weighted by molar-refractivity contribution is 6.05. The summed E-state index contributed by atoms with van der Waals surface area (Å²) >= 11 is 0. The van der Waals surface area contributed by atoms with Crippen LogP contribution in [-0.4, -0.2) is 11.9 Å². The van der Waals surface area contributed by atoms with E-state index in [4.69, 9.17) is 18.6 Å². The van der Waals surface area contributed by atoms with E-state index in [-0.39, 0.29) is 11.9 Å². The van der Waals surface area contributed by atoms with E-state index in [0.717, 1.165) is 49.7 Å². The quantitative estimate of drug-likeness (QED) is 0.138. The summed E-state index contributed by atoms with van der Waals surface area (Å²) < 4.78 is 21.1. The molecule has 336 valence electrons. The number of benzene rings is 8. The summed E-state index contributed by atoms with van der Waals surface area (Å²) in [6.07, 6.45) is 0. The highest BCUT2D eigenvalue weighted by atomic mass is 16.5. The van der Waals surface area contributed by atoms with Crippen molar-refractivity contribution in [3.8, 4) is 33.4 Å². The maximum Gasteiger partial charge on any atom is 0.346 e. The summed E-state index contributed by atoms with van der Waals surface area (Å²) in [5.41, 5.74) is 16.4. The number of carbonyl (C=O) groups excluding carboxylic acids is 2. The summed E-state index contributed by atoms with van der Waals surface area (Å²) in [6.45, 7) is 10.4. The molecule has 0 radical (unpaired) electrons. The zero-order chi connectivity index (χ0) is 47.3. The first-order valence-corrected chi connectivity index (χ1v) is 22.5. The van der Waals surface area contributed by atoms with E-state index in [1.165, 1.54) is 38.9 Å². The van der Waals surface area contributed by atoms with Gasteiger partial charge in [0.05, 0.1) is 35.1 Å². The van der Waals surface area contributed by atoms with Crippen LogP contribution < -0.4 is 11.3 Å². The van der Waals surface area contributed by atoms with Crippen LogP contribution in [0.5, 0.6) is 0 Å². The topological polar surface area (TPSA) is 109 Å². The molecule has 0 spiro atoms. The first-order chi connectivity index (χ1) is 33.0. The summed E-state index contributed by atoms with van der Waals surface area (Å²) in [5.74, 6) is -0.477. The molecule has 9 aromatic rings. The van der Waals surface area contributed by atoms with Crippen LogP contribution in [0.2, 0.25) is 0 Å². The van der Waals surface area contributed by atoms with Crippen LogP contribution in [0.3, 0.4) is 0 Å². The first kappa shape index (κ1) is 45.0. The minimum absolute atomic E-state index is 0.234. The van der Waals surface area contributed by atoms with E-state index < -0.39 is 11.3 Å². The van der Waals surface area contributed by atoms with Crippen LogP contribution in [-0.2, 0) is 40.6 Å². The molecule has 68 heavy (non-hydrogen) atoms. The number of rotatable bonds is 0. The molecule has 8 nitrogen and oxygen atoms in total. The van der Waals surface area contributed by atoms with Gasteiger partial charge in [0.25, 0.3) is 0 Å². The molecule has 0 fully saturated rings. The van der Waals surface area contributed by atoms with Gasteiger partial charge in [-0.15, -0.1) is 0 Å². The number of fused-ring (bicyclic) bond motifs is 12. The third-order valence-electron chi connectivity index (χ3n) is 12.2. The monoisotopic (exact) mass is 896 g/mol. The van der Waals surface area contributed by atoms with Crippen molar-refractivity contribution >= 4 is 33.5 Å². The van der Waals surface area contributed by atoms with E-state index in [2.05, 4.69) is 68.4 Å². The number of carbonyl (C=O) groups is 2. The Bertz CT molecular complexity index is 3410. The third kappa shape index (κ3) is 9.54. The van der Waals surface area contributed by atoms with Crippen LogP contribution in [0.15, 0.2) is 184 Å². The van der Waals surface area contributed by atoms with E-state index >= 15 is 0 Å². The van der Waals surface area contributed by atoms with Gasteiger partial charge in [-0.2, -0.15) is 0 Å². The van der Waals surface area contributed by atoms with Crippen molar-refractivity contribution in [3.63, 3.8) is 0 Å². The van der Waals surface area contributed by atoms with Gasteiger partial charge in [-0.1, -0.05) is 168 Å². The third-order valence-corrected chi connectivity index (χ3v) is 12.2. The van der Waals surface area contributed by atoms with Crippen molar-refractivity contribution in [1.82, 2.24) is 0 Å². The summed E-state index contributed by atoms with van der Waals surface area (Å²) in [5, 5.41) is 2.31. The average Bonchev–Trinajstić information content (AvgIpc) is 3.73. The van der Waals surface area contributed by atoms with Gasteiger partial charge < -0.3 is 18.6 Å². The predicted molar refractivity (Wildman–Crippen MR) is 268 cm³/mol. The Hall–Kier alpha value is -8.20. The Labute approximate surface area is 394 Å². The molecule has 0 saturated heterocycles. The van der Waals surface area contributed by atoms with Gasteiger partial charge in [-0.05, 0) is 118 Å². The number of hydrogen-bond acceptors (Lipinski definition) is 8. The van der Waals surface area contributed by atoms with Crippen molar-refractivity contribution in [1.29, 1.82) is 0 Å². The van der Waals surface area contributed by atoms with Crippen LogP contribution in [0.1, 0.15) is 65.2 Å². The smallest absolute Gasteiger partial charge is 0.346 e. The molecule has 8 aromatic carbocycles. The molecular formula is C60H48O8. The SMILES string of the molecule is Cc1ccc2c(c1)COC(=O)c1cc(C)ccc1-2.Cc1ccc2c(c1)COCc1cc(C)ccc1-2.O=C1OCc2ccccc2-c2ccccc21.O=c1oc(=O)c2ccccc2c2ccccc12. The lowest BCUT2D eigenvalue weighted by Gasteiger charge is -2.09. The predicted octanol–water partition coefficient (Wildman–Crippen LogP) is 13.0. The fraction of sp³-hybridized carbons (Fsp3) is 0.133.